The molecule has 54 heavy (non-hydrogen) atoms. The second-order valence-corrected chi connectivity index (χ2v) is 13.7. The largest absolute Gasteiger partial charge is 0.379 e. The van der Waals surface area contributed by atoms with Gasteiger partial charge in [0.2, 0.25) is 11.8 Å². The van der Waals surface area contributed by atoms with E-state index >= 15 is 0 Å². The van der Waals surface area contributed by atoms with Crippen LogP contribution in [0.4, 0.5) is 5.69 Å². The number of ether oxygens (including phenoxy) is 4. The Morgan fingerprint density at radius 2 is 1.43 bits per heavy atom. The molecule has 4 rings (SSSR count). The number of amides is 2. The fraction of sp³-hybridized carbons (Fsp3) is 0.553. The van der Waals surface area contributed by atoms with Crippen LogP contribution in [0.3, 0.4) is 0 Å². The van der Waals surface area contributed by atoms with Gasteiger partial charge >= 0.3 is 8.60 Å². The molecule has 0 saturated carbocycles. The predicted molar refractivity (Wildman–Crippen MR) is 203 cm³/mol. The number of ketones is 1. The Kier molecular flexibility index (Phi) is 19.7. The number of nitrogens with zero attached hydrogens (tertiary/aromatic N) is 4. The van der Waals surface area contributed by atoms with Crippen LogP contribution in [0.25, 0.3) is 22.5 Å². The summed E-state index contributed by atoms with van der Waals surface area (Å²) in [5.41, 5.74) is 4.89. The topological polar surface area (TPSA) is 173 Å². The summed E-state index contributed by atoms with van der Waals surface area (Å²) in [6, 6.07) is 15.6. The van der Waals surface area contributed by atoms with E-state index in [1.165, 1.54) is 7.11 Å². The van der Waals surface area contributed by atoms with E-state index in [0.29, 0.717) is 96.9 Å². The number of para-hydroxylation sites is 1. The number of aromatic nitrogens is 3. The van der Waals surface area contributed by atoms with Crippen LogP contribution in [0.2, 0.25) is 0 Å². The zero-order valence-electron chi connectivity index (χ0n) is 31.4. The Morgan fingerprint density at radius 3 is 2.15 bits per heavy atom. The first-order valence-electron chi connectivity index (χ1n) is 18.5. The molecule has 0 spiro atoms. The maximum atomic E-state index is 13.8. The lowest BCUT2D eigenvalue weighted by Gasteiger charge is -2.28. The maximum absolute atomic E-state index is 13.8. The van der Waals surface area contributed by atoms with Crippen molar-refractivity contribution in [1.82, 2.24) is 20.3 Å². The van der Waals surface area contributed by atoms with Crippen LogP contribution < -0.4 is 10.2 Å². The lowest BCUT2D eigenvalue weighted by atomic mass is 9.95. The Hall–Kier alpha value is -3.66. The van der Waals surface area contributed by atoms with Crippen molar-refractivity contribution in [2.24, 2.45) is 0 Å². The van der Waals surface area contributed by atoms with Crippen molar-refractivity contribution in [2.75, 3.05) is 78.0 Å². The number of benzene rings is 2. The van der Waals surface area contributed by atoms with Crippen molar-refractivity contribution in [3.63, 3.8) is 0 Å². The Morgan fingerprint density at radius 1 is 0.778 bits per heavy atom. The van der Waals surface area contributed by atoms with Gasteiger partial charge in [0, 0.05) is 44.0 Å². The molecular formula is C38H54N5O10P. The molecule has 2 heterocycles. The van der Waals surface area contributed by atoms with Crippen LogP contribution in [0.15, 0.2) is 48.5 Å². The molecule has 3 aromatic rings. The number of carbonyl (C=O) groups is 3. The number of carbonyl (C=O) groups excluding carboxylic acids is 3. The Bertz CT molecular complexity index is 1590. The number of rotatable bonds is 27. The van der Waals surface area contributed by atoms with Crippen molar-refractivity contribution >= 4 is 31.9 Å². The molecular weight excluding hydrogens is 717 g/mol. The standard InChI is InChI=1S/C38H54N5O10P/c1-30(44)17-21-49-23-25-51-27-28-52-26-24-50-22-19-43-38-32-12-6-5-11-31(32)29-42(34-14-8-7-13-33(34)37(38)40-41-43)36(46)16-15-35(45)39-18-9-3-4-10-20-53-54(47)48-2/h5-8,11-14,47H,3-4,9-10,15-29H2,1-2H3,(H,39,45). The lowest BCUT2D eigenvalue weighted by molar-refractivity contribution is -0.125. The summed E-state index contributed by atoms with van der Waals surface area (Å²) in [5, 5.41) is 12.0. The minimum atomic E-state index is -1.79. The van der Waals surface area contributed by atoms with E-state index in [2.05, 4.69) is 15.6 Å². The molecule has 16 heteroatoms. The van der Waals surface area contributed by atoms with Crippen molar-refractivity contribution in [3.05, 3.63) is 54.1 Å². The van der Waals surface area contributed by atoms with Gasteiger partial charge in [0.05, 0.1) is 83.9 Å². The summed E-state index contributed by atoms with van der Waals surface area (Å²) in [6.07, 6.45) is 4.01. The SMILES string of the molecule is COP(O)OCCCCCCNC(=O)CCC(=O)N1Cc2ccccc2-c2c(nnn2CCOCCOCCOCCOCCC(C)=O)-c2ccccc21. The van der Waals surface area contributed by atoms with Crippen LogP contribution >= 0.6 is 8.60 Å². The second kappa shape index (κ2) is 24.7. The Labute approximate surface area is 318 Å². The molecule has 1 aliphatic heterocycles. The number of hydrogen-bond donors (Lipinski definition) is 2. The first-order valence-corrected chi connectivity index (χ1v) is 19.7. The normalized spacial score (nSPS) is 12.7. The van der Waals surface area contributed by atoms with E-state index in [9.17, 15) is 19.3 Å². The van der Waals surface area contributed by atoms with Gasteiger partial charge in [-0.3, -0.25) is 14.4 Å². The van der Waals surface area contributed by atoms with E-state index in [1.807, 2.05) is 53.2 Å². The minimum absolute atomic E-state index is 0.0646. The third kappa shape index (κ3) is 14.5. The molecule has 1 aromatic heterocycles. The number of unbranched alkanes of at least 4 members (excludes halogenated alkanes) is 3. The zero-order valence-corrected chi connectivity index (χ0v) is 32.3. The fourth-order valence-electron chi connectivity index (χ4n) is 5.77. The molecule has 1 unspecified atom stereocenters. The van der Waals surface area contributed by atoms with Crippen LogP contribution in [0.5, 0.6) is 0 Å². The predicted octanol–water partition coefficient (Wildman–Crippen LogP) is 4.84. The van der Waals surface area contributed by atoms with Gasteiger partial charge in [0.1, 0.15) is 11.5 Å². The number of Topliss-reactive ketones (excluding diaryl/α,β-unsaturated/α-hetero) is 1. The van der Waals surface area contributed by atoms with E-state index in [4.69, 9.17) is 28.0 Å². The summed E-state index contributed by atoms with van der Waals surface area (Å²) in [6.45, 7) is 6.75. The molecule has 0 fully saturated rings. The van der Waals surface area contributed by atoms with Crippen molar-refractivity contribution in [1.29, 1.82) is 0 Å². The van der Waals surface area contributed by atoms with Gasteiger partial charge in [0.15, 0.2) is 0 Å². The molecule has 1 aliphatic rings. The van der Waals surface area contributed by atoms with E-state index < -0.39 is 8.60 Å². The molecule has 0 bridgehead atoms. The molecule has 2 amide bonds. The number of anilines is 1. The van der Waals surface area contributed by atoms with Gasteiger partial charge < -0.3 is 43.1 Å². The minimum Gasteiger partial charge on any atom is -0.379 e. The van der Waals surface area contributed by atoms with Gasteiger partial charge in [-0.2, -0.15) is 0 Å². The van der Waals surface area contributed by atoms with Crippen LogP contribution in [0, 0.1) is 0 Å². The summed E-state index contributed by atoms with van der Waals surface area (Å²) in [5.74, 6) is -0.204. The number of hydrogen-bond acceptors (Lipinski definition) is 12. The smallest absolute Gasteiger partial charge is 0.329 e. The lowest BCUT2D eigenvalue weighted by Crippen LogP contribution is -2.33. The van der Waals surface area contributed by atoms with Gasteiger partial charge in [-0.15, -0.1) is 5.10 Å². The highest BCUT2D eigenvalue weighted by molar-refractivity contribution is 7.40. The highest BCUT2D eigenvalue weighted by atomic mass is 31.2. The summed E-state index contributed by atoms with van der Waals surface area (Å²) in [7, 11) is -0.388. The average Bonchev–Trinajstić information content (AvgIpc) is 3.59. The molecule has 296 valence electrons. The summed E-state index contributed by atoms with van der Waals surface area (Å²) in [4.78, 5) is 48.4. The number of fused-ring (bicyclic) bond motifs is 5. The maximum Gasteiger partial charge on any atom is 0.329 e. The molecule has 0 aliphatic carbocycles. The molecule has 15 nitrogen and oxygen atoms in total. The fourth-order valence-corrected chi connectivity index (χ4v) is 6.16. The average molecular weight is 772 g/mol. The quantitative estimate of drug-likeness (QED) is 0.0799. The van der Waals surface area contributed by atoms with Gasteiger partial charge in [0.25, 0.3) is 0 Å². The van der Waals surface area contributed by atoms with Crippen molar-refractivity contribution < 1.29 is 47.3 Å². The third-order valence-corrected chi connectivity index (χ3v) is 9.28. The second-order valence-electron chi connectivity index (χ2n) is 12.6. The monoisotopic (exact) mass is 771 g/mol. The Balaban J connectivity index is 1.25. The van der Waals surface area contributed by atoms with Gasteiger partial charge in [-0.1, -0.05) is 60.5 Å². The highest BCUT2D eigenvalue weighted by Gasteiger charge is 2.29. The first kappa shape index (κ1) is 43.1. The van der Waals surface area contributed by atoms with Gasteiger partial charge in [-0.05, 0) is 31.4 Å². The van der Waals surface area contributed by atoms with Crippen LogP contribution in [0.1, 0.15) is 57.4 Å². The highest BCUT2D eigenvalue weighted by Crippen LogP contribution is 2.41. The van der Waals surface area contributed by atoms with Gasteiger partial charge in [-0.25, -0.2) is 4.68 Å². The van der Waals surface area contributed by atoms with Crippen LogP contribution in [-0.4, -0.2) is 111 Å². The molecule has 0 radical (unpaired) electrons. The molecule has 1 atom stereocenters. The van der Waals surface area contributed by atoms with E-state index in [0.717, 1.165) is 48.1 Å². The number of nitrogens with one attached hydrogen (secondary N) is 1. The summed E-state index contributed by atoms with van der Waals surface area (Å²) >= 11 is 0. The third-order valence-electron chi connectivity index (χ3n) is 8.57. The van der Waals surface area contributed by atoms with E-state index in [1.54, 1.807) is 11.8 Å². The molecule has 0 saturated heterocycles. The van der Waals surface area contributed by atoms with E-state index in [-0.39, 0.29) is 30.4 Å². The zero-order chi connectivity index (χ0) is 38.4. The summed E-state index contributed by atoms with van der Waals surface area (Å²) < 4.78 is 34.0. The molecule has 2 N–H and O–H groups in total. The first-order chi connectivity index (χ1) is 26.4. The van der Waals surface area contributed by atoms with Crippen molar-refractivity contribution in [2.45, 2.75) is 65.0 Å². The molecule has 2 aromatic carbocycles. The van der Waals surface area contributed by atoms with Crippen molar-refractivity contribution in [3.8, 4) is 22.5 Å². The van der Waals surface area contributed by atoms with Crippen LogP contribution in [-0.2, 0) is 55.5 Å².